The summed E-state index contributed by atoms with van der Waals surface area (Å²) in [5.41, 5.74) is 2.48. The average Bonchev–Trinajstić information content (AvgIpc) is 2.89. The maximum atomic E-state index is 7.06. The Morgan fingerprint density at radius 2 is 1.39 bits per heavy atom. The summed E-state index contributed by atoms with van der Waals surface area (Å²) in [4.78, 5) is 0. The van der Waals surface area contributed by atoms with Crippen LogP contribution >= 0.6 is 0 Å². The molecule has 0 N–H and O–H groups in total. The lowest BCUT2D eigenvalue weighted by Crippen LogP contribution is -2.66. The van der Waals surface area contributed by atoms with E-state index in [1.165, 1.54) is 21.5 Å². The number of rotatable bonds is 13. The minimum absolute atomic E-state index is 0.0181. The Hall–Kier alpha value is -2.72. The molecule has 0 aromatic heterocycles. The zero-order valence-electron chi connectivity index (χ0n) is 22.5. The van der Waals surface area contributed by atoms with Crippen LogP contribution < -0.4 is 10.4 Å². The summed E-state index contributed by atoms with van der Waals surface area (Å²) in [5, 5.41) is 2.61. The fraction of sp³-hybridized carbons (Fsp3) is 0.333. The van der Waals surface area contributed by atoms with Crippen molar-refractivity contribution in [3.8, 4) is 0 Å². The van der Waals surface area contributed by atoms with Gasteiger partial charge in [0.15, 0.2) is 0 Å². The molecule has 2 nitrogen and oxygen atoms in total. The molecule has 190 valence electrons. The predicted octanol–water partition coefficient (Wildman–Crippen LogP) is 7.31. The lowest BCUT2D eigenvalue weighted by Gasteiger charge is -2.43. The number of ether oxygens (including phenoxy) is 1. The molecule has 0 radical (unpaired) electrons. The zero-order chi connectivity index (χ0) is 25.9. The largest absolute Gasteiger partial charge is 0.403 e. The molecule has 3 rings (SSSR count). The first-order valence-corrected chi connectivity index (χ1v) is 14.9. The third-order valence-electron chi connectivity index (χ3n) is 6.78. The summed E-state index contributed by atoms with van der Waals surface area (Å²) in [5.74, 6) is 0.392. The van der Waals surface area contributed by atoms with E-state index in [4.69, 9.17) is 9.16 Å². The van der Waals surface area contributed by atoms with Gasteiger partial charge >= 0.3 is 0 Å². The van der Waals surface area contributed by atoms with Gasteiger partial charge in [0, 0.05) is 6.61 Å². The minimum atomic E-state index is -2.52. The van der Waals surface area contributed by atoms with E-state index < -0.39 is 8.32 Å². The summed E-state index contributed by atoms with van der Waals surface area (Å²) >= 11 is 0. The van der Waals surface area contributed by atoms with Crippen LogP contribution in [0.3, 0.4) is 0 Å². The Morgan fingerprint density at radius 1 is 0.861 bits per heavy atom. The van der Waals surface area contributed by atoms with Gasteiger partial charge in [0.1, 0.15) is 0 Å². The highest BCUT2D eigenvalue weighted by Gasteiger charge is 2.50. The van der Waals surface area contributed by atoms with Gasteiger partial charge in [-0.1, -0.05) is 129 Å². The lowest BCUT2D eigenvalue weighted by atomic mass is 10.0. The van der Waals surface area contributed by atoms with Gasteiger partial charge in [0.2, 0.25) is 0 Å². The van der Waals surface area contributed by atoms with Crippen molar-refractivity contribution in [3.05, 3.63) is 121 Å². The Morgan fingerprint density at radius 3 is 1.89 bits per heavy atom. The standard InChI is InChI=1S/C33H42O2Si/c1-6-29(24-25-34-27-30-16-10-7-11-17-30)23-22-28(2)26-35-36(33(3,4)5,31-18-12-8-13-19-31)32-20-14-9-15-21-32/h6-22,29H,1,23-27H2,2-5H3/b28-22-/t29-/m1/s1. The third kappa shape index (κ3) is 7.39. The number of hydrogen-bond donors (Lipinski definition) is 0. The van der Waals surface area contributed by atoms with Crippen molar-refractivity contribution >= 4 is 18.7 Å². The van der Waals surface area contributed by atoms with E-state index in [-0.39, 0.29) is 5.04 Å². The second-order valence-electron chi connectivity index (χ2n) is 10.6. The van der Waals surface area contributed by atoms with Crippen LogP contribution in [0.1, 0.15) is 46.1 Å². The topological polar surface area (TPSA) is 18.5 Å². The Bertz CT molecular complexity index is 1030. The molecule has 0 amide bonds. The fourth-order valence-corrected chi connectivity index (χ4v) is 9.33. The van der Waals surface area contributed by atoms with Crippen molar-refractivity contribution in [2.75, 3.05) is 13.2 Å². The molecule has 0 bridgehead atoms. The van der Waals surface area contributed by atoms with Crippen LogP contribution in [0, 0.1) is 5.92 Å². The Kier molecular flexibility index (Phi) is 10.5. The first kappa shape index (κ1) is 27.9. The molecule has 36 heavy (non-hydrogen) atoms. The van der Waals surface area contributed by atoms with E-state index in [1.54, 1.807) is 0 Å². The Balaban J connectivity index is 1.66. The van der Waals surface area contributed by atoms with Gasteiger partial charge in [-0.3, -0.25) is 0 Å². The van der Waals surface area contributed by atoms with Crippen molar-refractivity contribution in [3.63, 3.8) is 0 Å². The highest BCUT2D eigenvalue weighted by Crippen LogP contribution is 2.37. The molecular weight excluding hydrogens is 456 g/mol. The number of benzene rings is 3. The highest BCUT2D eigenvalue weighted by molar-refractivity contribution is 6.99. The van der Waals surface area contributed by atoms with Crippen LogP contribution in [0.4, 0.5) is 0 Å². The zero-order valence-corrected chi connectivity index (χ0v) is 23.5. The van der Waals surface area contributed by atoms with Gasteiger partial charge in [0.25, 0.3) is 8.32 Å². The molecule has 0 heterocycles. The van der Waals surface area contributed by atoms with Crippen molar-refractivity contribution in [2.24, 2.45) is 5.92 Å². The average molecular weight is 499 g/mol. The van der Waals surface area contributed by atoms with Gasteiger partial charge in [-0.2, -0.15) is 0 Å². The summed E-state index contributed by atoms with van der Waals surface area (Å²) in [7, 11) is -2.52. The molecule has 0 saturated carbocycles. The highest BCUT2D eigenvalue weighted by atomic mass is 28.4. The van der Waals surface area contributed by atoms with Crippen molar-refractivity contribution in [1.29, 1.82) is 0 Å². The van der Waals surface area contributed by atoms with Crippen LogP contribution in [0.5, 0.6) is 0 Å². The normalized spacial score (nSPS) is 13.4. The molecule has 3 aromatic rings. The predicted molar refractivity (Wildman–Crippen MR) is 156 cm³/mol. The van der Waals surface area contributed by atoms with Crippen LogP contribution in [-0.2, 0) is 15.8 Å². The lowest BCUT2D eigenvalue weighted by molar-refractivity contribution is 0.111. The smallest absolute Gasteiger partial charge is 0.261 e. The maximum absolute atomic E-state index is 7.06. The van der Waals surface area contributed by atoms with E-state index >= 15 is 0 Å². The monoisotopic (exact) mass is 498 g/mol. The van der Waals surface area contributed by atoms with Gasteiger partial charge < -0.3 is 9.16 Å². The molecule has 0 aliphatic rings. The van der Waals surface area contributed by atoms with E-state index in [9.17, 15) is 0 Å². The molecule has 0 aliphatic heterocycles. The third-order valence-corrected chi connectivity index (χ3v) is 11.8. The van der Waals surface area contributed by atoms with Crippen LogP contribution in [-0.4, -0.2) is 21.5 Å². The fourth-order valence-electron chi connectivity index (χ4n) is 4.73. The maximum Gasteiger partial charge on any atom is 0.261 e. The molecule has 3 aromatic carbocycles. The Labute approximate surface area is 219 Å². The number of allylic oxidation sites excluding steroid dienone is 2. The molecule has 0 fully saturated rings. The molecule has 0 aliphatic carbocycles. The van der Waals surface area contributed by atoms with Crippen LogP contribution in [0.25, 0.3) is 0 Å². The van der Waals surface area contributed by atoms with Gasteiger partial charge in [-0.15, -0.1) is 6.58 Å². The summed E-state index contributed by atoms with van der Waals surface area (Å²) in [6.45, 7) is 15.2. The second-order valence-corrected chi connectivity index (χ2v) is 14.9. The SMILES string of the molecule is C=C[C@H](C/C=C(/C)CO[Si](c1ccccc1)(c1ccccc1)C(C)(C)C)CCOCc1ccccc1. The number of hydrogen-bond acceptors (Lipinski definition) is 2. The molecule has 0 saturated heterocycles. The van der Waals surface area contributed by atoms with Gasteiger partial charge in [0.05, 0.1) is 13.2 Å². The van der Waals surface area contributed by atoms with Crippen LogP contribution in [0.2, 0.25) is 5.04 Å². The van der Waals surface area contributed by atoms with Crippen molar-refractivity contribution in [2.45, 2.75) is 52.2 Å². The molecule has 0 unspecified atom stereocenters. The summed E-state index contributed by atoms with van der Waals surface area (Å²) in [6.07, 6.45) is 6.30. The van der Waals surface area contributed by atoms with E-state index in [0.717, 1.165) is 19.4 Å². The minimum Gasteiger partial charge on any atom is -0.403 e. The van der Waals surface area contributed by atoms with E-state index in [1.807, 2.05) is 18.2 Å². The molecule has 0 spiro atoms. The second kappa shape index (κ2) is 13.5. The van der Waals surface area contributed by atoms with Gasteiger partial charge in [-0.25, -0.2) is 0 Å². The van der Waals surface area contributed by atoms with Crippen molar-refractivity contribution < 1.29 is 9.16 Å². The quantitative estimate of drug-likeness (QED) is 0.140. The van der Waals surface area contributed by atoms with Gasteiger partial charge in [-0.05, 0) is 46.7 Å². The van der Waals surface area contributed by atoms with E-state index in [2.05, 4.69) is 119 Å². The van der Waals surface area contributed by atoms with Crippen molar-refractivity contribution in [1.82, 2.24) is 0 Å². The first-order valence-electron chi connectivity index (χ1n) is 13.0. The van der Waals surface area contributed by atoms with E-state index in [0.29, 0.717) is 19.1 Å². The molecule has 1 atom stereocenters. The van der Waals surface area contributed by atoms with Crippen LogP contribution in [0.15, 0.2) is 115 Å². The molecular formula is C33H42O2Si. The summed E-state index contributed by atoms with van der Waals surface area (Å²) < 4.78 is 13.0. The molecule has 3 heteroatoms. The summed E-state index contributed by atoms with van der Waals surface area (Å²) in [6, 6.07) is 32.0. The first-order chi connectivity index (χ1) is 17.4.